The molecule has 0 spiro atoms. The maximum Gasteiger partial charge on any atom is 0.344 e. The first-order valence-electron chi connectivity index (χ1n) is 5.93. The van der Waals surface area contributed by atoms with Gasteiger partial charge in [-0.2, -0.15) is 0 Å². The van der Waals surface area contributed by atoms with Crippen LogP contribution in [0.2, 0.25) is 0 Å². The molecule has 1 aromatic carbocycles. The summed E-state index contributed by atoms with van der Waals surface area (Å²) in [6, 6.07) is 5.08. The van der Waals surface area contributed by atoms with Gasteiger partial charge >= 0.3 is 5.97 Å². The van der Waals surface area contributed by atoms with Crippen molar-refractivity contribution in [2.45, 2.75) is 18.9 Å². The summed E-state index contributed by atoms with van der Waals surface area (Å²) in [5.41, 5.74) is 6.46. The molecule has 1 aliphatic heterocycles. The number of rotatable bonds is 3. The Kier molecular flexibility index (Phi) is 4.04. The van der Waals surface area contributed by atoms with Crippen molar-refractivity contribution in [3.05, 3.63) is 23.8 Å². The molecule has 5 heteroatoms. The largest absolute Gasteiger partial charge is 0.496 e. The van der Waals surface area contributed by atoms with Crippen LogP contribution >= 0.6 is 0 Å². The second-order valence-corrected chi connectivity index (χ2v) is 4.14. The second-order valence-electron chi connectivity index (χ2n) is 4.14. The monoisotopic (exact) mass is 251 g/mol. The van der Waals surface area contributed by atoms with Crippen LogP contribution in [0, 0.1) is 0 Å². The van der Waals surface area contributed by atoms with Crippen LogP contribution in [0.3, 0.4) is 0 Å². The topological polar surface area (TPSA) is 70.8 Å². The highest BCUT2D eigenvalue weighted by atomic mass is 16.6. The van der Waals surface area contributed by atoms with Gasteiger partial charge in [0.15, 0.2) is 0 Å². The number of carbonyl (C=O) groups is 1. The minimum Gasteiger partial charge on any atom is -0.496 e. The molecular formula is C13H17NO4. The normalized spacial score (nSPS) is 16.3. The van der Waals surface area contributed by atoms with Crippen LogP contribution in [0.1, 0.15) is 23.2 Å². The summed E-state index contributed by atoms with van der Waals surface area (Å²) in [7, 11) is 1.50. The van der Waals surface area contributed by atoms with Crippen molar-refractivity contribution >= 4 is 11.7 Å². The fraction of sp³-hybridized carbons (Fsp3) is 0.462. The zero-order valence-corrected chi connectivity index (χ0v) is 10.3. The summed E-state index contributed by atoms with van der Waals surface area (Å²) in [5, 5.41) is 0. The molecule has 1 heterocycles. The lowest BCUT2D eigenvalue weighted by Gasteiger charge is -2.22. The van der Waals surface area contributed by atoms with E-state index in [2.05, 4.69) is 0 Å². The third-order valence-corrected chi connectivity index (χ3v) is 2.92. The van der Waals surface area contributed by atoms with Crippen molar-refractivity contribution in [2.24, 2.45) is 0 Å². The van der Waals surface area contributed by atoms with Crippen molar-refractivity contribution < 1.29 is 19.0 Å². The summed E-state index contributed by atoms with van der Waals surface area (Å²) in [5.74, 6) is 0.00362. The molecule has 0 aromatic heterocycles. The highest BCUT2D eigenvalue weighted by molar-refractivity contribution is 5.98. The fourth-order valence-electron chi connectivity index (χ4n) is 1.94. The Morgan fingerprint density at radius 1 is 1.39 bits per heavy atom. The molecule has 2 rings (SSSR count). The zero-order valence-electron chi connectivity index (χ0n) is 10.3. The zero-order chi connectivity index (χ0) is 13.0. The molecule has 0 unspecified atom stereocenters. The van der Waals surface area contributed by atoms with Crippen molar-refractivity contribution in [3.63, 3.8) is 0 Å². The van der Waals surface area contributed by atoms with E-state index in [1.54, 1.807) is 18.2 Å². The lowest BCUT2D eigenvalue weighted by Crippen LogP contribution is -2.26. The molecule has 0 aliphatic carbocycles. The van der Waals surface area contributed by atoms with Gasteiger partial charge in [-0.3, -0.25) is 0 Å². The lowest BCUT2D eigenvalue weighted by atomic mass is 10.1. The van der Waals surface area contributed by atoms with E-state index in [-0.39, 0.29) is 6.10 Å². The average Bonchev–Trinajstić information content (AvgIpc) is 2.39. The highest BCUT2D eigenvalue weighted by Crippen LogP contribution is 2.26. The van der Waals surface area contributed by atoms with E-state index in [0.717, 1.165) is 12.8 Å². The number of hydrogen-bond donors (Lipinski definition) is 1. The van der Waals surface area contributed by atoms with Gasteiger partial charge in [-0.25, -0.2) is 4.79 Å². The third kappa shape index (κ3) is 2.73. The molecule has 98 valence electrons. The Hall–Kier alpha value is -1.75. The van der Waals surface area contributed by atoms with Gasteiger partial charge in [0.25, 0.3) is 0 Å². The Balaban J connectivity index is 2.12. The minimum atomic E-state index is -0.433. The smallest absolute Gasteiger partial charge is 0.344 e. The standard InChI is InChI=1S/C13H17NO4/c1-16-11-4-2-3-10(14)12(11)13(15)18-9-5-7-17-8-6-9/h2-4,9H,5-8,14H2,1H3. The van der Waals surface area contributed by atoms with E-state index in [1.807, 2.05) is 0 Å². The molecule has 1 aromatic rings. The summed E-state index contributed by atoms with van der Waals surface area (Å²) in [4.78, 5) is 12.1. The SMILES string of the molecule is COc1cccc(N)c1C(=O)OC1CCOCC1. The predicted octanol–water partition coefficient (Wildman–Crippen LogP) is 1.61. The number of esters is 1. The van der Waals surface area contributed by atoms with E-state index < -0.39 is 5.97 Å². The van der Waals surface area contributed by atoms with Gasteiger partial charge < -0.3 is 19.9 Å². The first kappa shape index (κ1) is 12.7. The Morgan fingerprint density at radius 3 is 2.78 bits per heavy atom. The molecule has 1 saturated heterocycles. The van der Waals surface area contributed by atoms with E-state index >= 15 is 0 Å². The van der Waals surface area contributed by atoms with Crippen LogP contribution in [0.25, 0.3) is 0 Å². The number of nitrogen functional groups attached to an aromatic ring is 1. The maximum atomic E-state index is 12.1. The molecule has 2 N–H and O–H groups in total. The summed E-state index contributed by atoms with van der Waals surface area (Å²) < 4.78 is 15.8. The van der Waals surface area contributed by atoms with Crippen molar-refractivity contribution in [1.82, 2.24) is 0 Å². The highest BCUT2D eigenvalue weighted by Gasteiger charge is 2.23. The number of benzene rings is 1. The first-order chi connectivity index (χ1) is 8.72. The Morgan fingerprint density at radius 2 is 2.11 bits per heavy atom. The number of anilines is 1. The van der Waals surface area contributed by atoms with Gasteiger partial charge in [0.05, 0.1) is 20.3 Å². The van der Waals surface area contributed by atoms with Gasteiger partial charge in [0, 0.05) is 18.5 Å². The second kappa shape index (κ2) is 5.73. The number of methoxy groups -OCH3 is 1. The number of hydrogen-bond acceptors (Lipinski definition) is 5. The van der Waals surface area contributed by atoms with Gasteiger partial charge in [-0.1, -0.05) is 6.07 Å². The van der Waals surface area contributed by atoms with E-state index in [0.29, 0.717) is 30.2 Å². The fourth-order valence-corrected chi connectivity index (χ4v) is 1.94. The molecule has 0 amide bonds. The predicted molar refractivity (Wildman–Crippen MR) is 66.7 cm³/mol. The van der Waals surface area contributed by atoms with E-state index in [4.69, 9.17) is 19.9 Å². The summed E-state index contributed by atoms with van der Waals surface area (Å²) in [6.45, 7) is 1.25. The number of carbonyl (C=O) groups excluding carboxylic acids is 1. The van der Waals surface area contributed by atoms with Gasteiger partial charge in [-0.15, -0.1) is 0 Å². The molecule has 0 atom stereocenters. The van der Waals surface area contributed by atoms with Crippen molar-refractivity contribution in [3.8, 4) is 5.75 Å². The molecule has 0 radical (unpaired) electrons. The third-order valence-electron chi connectivity index (χ3n) is 2.92. The van der Waals surface area contributed by atoms with Crippen LogP contribution in [-0.2, 0) is 9.47 Å². The molecular weight excluding hydrogens is 234 g/mol. The van der Waals surface area contributed by atoms with Gasteiger partial charge in [0.1, 0.15) is 17.4 Å². The quantitative estimate of drug-likeness (QED) is 0.653. The Labute approximate surface area is 106 Å². The minimum absolute atomic E-state index is 0.101. The molecule has 0 bridgehead atoms. The van der Waals surface area contributed by atoms with Crippen molar-refractivity contribution in [1.29, 1.82) is 0 Å². The van der Waals surface area contributed by atoms with Gasteiger partial charge in [0.2, 0.25) is 0 Å². The Bertz CT molecular complexity index is 427. The van der Waals surface area contributed by atoms with E-state index in [9.17, 15) is 4.79 Å². The molecule has 0 saturated carbocycles. The van der Waals surface area contributed by atoms with Crippen LogP contribution in [0.5, 0.6) is 5.75 Å². The van der Waals surface area contributed by atoms with Crippen LogP contribution in [0.15, 0.2) is 18.2 Å². The maximum absolute atomic E-state index is 12.1. The number of nitrogens with two attached hydrogens (primary N) is 1. The van der Waals surface area contributed by atoms with Crippen LogP contribution in [-0.4, -0.2) is 32.4 Å². The first-order valence-corrected chi connectivity index (χ1v) is 5.93. The van der Waals surface area contributed by atoms with Crippen LogP contribution < -0.4 is 10.5 Å². The molecule has 18 heavy (non-hydrogen) atoms. The summed E-state index contributed by atoms with van der Waals surface area (Å²) >= 11 is 0. The molecule has 1 aliphatic rings. The van der Waals surface area contributed by atoms with Crippen LogP contribution in [0.4, 0.5) is 5.69 Å². The van der Waals surface area contributed by atoms with Gasteiger partial charge in [-0.05, 0) is 12.1 Å². The van der Waals surface area contributed by atoms with E-state index in [1.165, 1.54) is 7.11 Å². The lowest BCUT2D eigenvalue weighted by molar-refractivity contribution is -0.0160. The molecule has 1 fully saturated rings. The summed E-state index contributed by atoms with van der Waals surface area (Å²) in [6.07, 6.45) is 1.34. The number of ether oxygens (including phenoxy) is 3. The average molecular weight is 251 g/mol. The molecule has 5 nitrogen and oxygen atoms in total. The van der Waals surface area contributed by atoms with Crippen molar-refractivity contribution in [2.75, 3.05) is 26.1 Å².